The molecule has 0 unspecified atom stereocenters. The van der Waals surface area contributed by atoms with Crippen molar-refractivity contribution in [3.63, 3.8) is 0 Å². The van der Waals surface area contributed by atoms with Crippen molar-refractivity contribution < 1.29 is 27.2 Å². The lowest BCUT2D eigenvalue weighted by Gasteiger charge is -2.32. The molecule has 1 aliphatic heterocycles. The largest absolute Gasteiger partial charge is 0.471 e. The number of hydrogen-bond acceptors (Lipinski definition) is 3. The van der Waals surface area contributed by atoms with E-state index in [1.54, 1.807) is 28.5 Å². The Morgan fingerprint density at radius 3 is 2.59 bits per heavy atom. The van der Waals surface area contributed by atoms with E-state index < -0.39 is 17.9 Å². The second-order valence-corrected chi connectivity index (χ2v) is 7.73. The van der Waals surface area contributed by atoms with Crippen molar-refractivity contribution in [3.05, 3.63) is 65.2 Å². The molecule has 1 aliphatic rings. The van der Waals surface area contributed by atoms with Crippen LogP contribution in [0.5, 0.6) is 0 Å². The number of halogens is 4. The van der Waals surface area contributed by atoms with Crippen LogP contribution in [0.1, 0.15) is 40.4 Å². The molecule has 0 atom stereocenters. The summed E-state index contributed by atoms with van der Waals surface area (Å²) in [4.78, 5) is 32.7. The SMILES string of the molecule is O=C(c1cc2cccnc2[nH]1)N1CCC(c2cc(CNC(=O)C(F)(F)F)ccc2F)CC1. The minimum absolute atomic E-state index is 0.162. The number of piperidine rings is 1. The smallest absolute Gasteiger partial charge is 0.344 e. The van der Waals surface area contributed by atoms with E-state index in [-0.39, 0.29) is 18.4 Å². The van der Waals surface area contributed by atoms with E-state index in [0.717, 1.165) is 5.39 Å². The third kappa shape index (κ3) is 4.58. The van der Waals surface area contributed by atoms with Crippen LogP contribution in [0.15, 0.2) is 42.6 Å². The van der Waals surface area contributed by atoms with E-state index in [1.807, 2.05) is 6.07 Å². The lowest BCUT2D eigenvalue weighted by Crippen LogP contribution is -2.38. The Labute approximate surface area is 180 Å². The van der Waals surface area contributed by atoms with Gasteiger partial charge in [0.15, 0.2) is 0 Å². The Morgan fingerprint density at radius 2 is 1.91 bits per heavy atom. The van der Waals surface area contributed by atoms with Gasteiger partial charge in [-0.2, -0.15) is 13.2 Å². The summed E-state index contributed by atoms with van der Waals surface area (Å²) in [6, 6.07) is 9.41. The van der Waals surface area contributed by atoms with Crippen LogP contribution < -0.4 is 5.32 Å². The van der Waals surface area contributed by atoms with Crippen LogP contribution in [0.25, 0.3) is 11.0 Å². The van der Waals surface area contributed by atoms with Crippen molar-refractivity contribution in [2.45, 2.75) is 31.5 Å². The van der Waals surface area contributed by atoms with E-state index in [9.17, 15) is 27.2 Å². The van der Waals surface area contributed by atoms with Crippen molar-refractivity contribution in [3.8, 4) is 0 Å². The molecule has 1 aromatic carbocycles. The second kappa shape index (κ2) is 8.60. The number of benzene rings is 1. The molecule has 3 aromatic rings. The minimum atomic E-state index is -4.97. The summed E-state index contributed by atoms with van der Waals surface area (Å²) in [5.41, 5.74) is 1.82. The Hall–Kier alpha value is -3.43. The van der Waals surface area contributed by atoms with Gasteiger partial charge >= 0.3 is 12.1 Å². The molecule has 3 heterocycles. The standard InChI is InChI=1S/C22H20F4N4O2/c23-17-4-3-13(12-28-21(32)22(24,25)26)10-16(17)14-5-8-30(9-6-14)20(31)18-11-15-2-1-7-27-19(15)29-18/h1-4,7,10-11,14H,5-6,8-9,12H2,(H,27,29)(H,28,32). The highest BCUT2D eigenvalue weighted by Gasteiger charge is 2.38. The van der Waals surface area contributed by atoms with Gasteiger partial charge in [0.25, 0.3) is 5.91 Å². The number of hydrogen-bond donors (Lipinski definition) is 2. The van der Waals surface area contributed by atoms with Crippen LogP contribution in [0, 0.1) is 5.82 Å². The molecule has 32 heavy (non-hydrogen) atoms. The summed E-state index contributed by atoms with van der Waals surface area (Å²) in [6.45, 7) is 0.485. The van der Waals surface area contributed by atoms with Gasteiger partial charge < -0.3 is 15.2 Å². The first-order chi connectivity index (χ1) is 15.2. The number of pyridine rings is 1. The highest BCUT2D eigenvalue weighted by atomic mass is 19.4. The predicted octanol–water partition coefficient (Wildman–Crippen LogP) is 3.90. The quantitative estimate of drug-likeness (QED) is 0.595. The molecular formula is C22H20F4N4O2. The fourth-order valence-corrected chi connectivity index (χ4v) is 3.94. The lowest BCUT2D eigenvalue weighted by molar-refractivity contribution is -0.173. The van der Waals surface area contributed by atoms with Crippen molar-refractivity contribution in [1.82, 2.24) is 20.2 Å². The maximum atomic E-state index is 14.4. The van der Waals surface area contributed by atoms with Crippen LogP contribution >= 0.6 is 0 Å². The maximum Gasteiger partial charge on any atom is 0.471 e. The summed E-state index contributed by atoms with van der Waals surface area (Å²) in [6.07, 6.45) is -2.31. The zero-order chi connectivity index (χ0) is 22.9. The van der Waals surface area contributed by atoms with Crippen molar-refractivity contribution in [2.75, 3.05) is 13.1 Å². The number of carbonyl (C=O) groups is 2. The van der Waals surface area contributed by atoms with Crippen LogP contribution in [0.3, 0.4) is 0 Å². The molecule has 0 spiro atoms. The first-order valence-electron chi connectivity index (χ1n) is 10.1. The molecule has 1 fully saturated rings. The highest BCUT2D eigenvalue weighted by Crippen LogP contribution is 2.31. The van der Waals surface area contributed by atoms with E-state index in [1.165, 1.54) is 18.2 Å². The zero-order valence-corrected chi connectivity index (χ0v) is 16.9. The molecule has 0 bridgehead atoms. The zero-order valence-electron chi connectivity index (χ0n) is 16.9. The summed E-state index contributed by atoms with van der Waals surface area (Å²) >= 11 is 0. The number of likely N-dealkylation sites (tertiary alicyclic amines) is 1. The van der Waals surface area contributed by atoms with Crippen LogP contribution in [0.4, 0.5) is 17.6 Å². The fraction of sp³-hybridized carbons (Fsp3) is 0.318. The third-order valence-electron chi connectivity index (χ3n) is 5.62. The second-order valence-electron chi connectivity index (χ2n) is 7.73. The Kier molecular flexibility index (Phi) is 5.86. The number of rotatable bonds is 4. The third-order valence-corrected chi connectivity index (χ3v) is 5.62. The van der Waals surface area contributed by atoms with Gasteiger partial charge in [-0.15, -0.1) is 0 Å². The molecule has 0 aliphatic carbocycles. The Bertz CT molecular complexity index is 1120. The Morgan fingerprint density at radius 1 is 1.16 bits per heavy atom. The van der Waals surface area contributed by atoms with Crippen molar-refractivity contribution in [2.24, 2.45) is 0 Å². The lowest BCUT2D eigenvalue weighted by atomic mass is 9.88. The molecular weight excluding hydrogens is 428 g/mol. The number of carbonyl (C=O) groups excluding carboxylic acids is 2. The average Bonchev–Trinajstić information content (AvgIpc) is 3.21. The summed E-state index contributed by atoms with van der Waals surface area (Å²) in [5, 5.41) is 2.63. The minimum Gasteiger partial charge on any atom is -0.344 e. The molecule has 168 valence electrons. The molecule has 1 saturated heterocycles. The molecule has 2 aromatic heterocycles. The normalized spacial score (nSPS) is 15.2. The number of nitrogens with one attached hydrogen (secondary N) is 2. The van der Waals surface area contributed by atoms with E-state index in [2.05, 4.69) is 9.97 Å². The van der Waals surface area contributed by atoms with Crippen molar-refractivity contribution in [1.29, 1.82) is 0 Å². The summed E-state index contributed by atoms with van der Waals surface area (Å²) in [7, 11) is 0. The van der Waals surface area contributed by atoms with Gasteiger partial charge in [0, 0.05) is 31.2 Å². The van der Waals surface area contributed by atoms with Crippen LogP contribution in [-0.4, -0.2) is 45.9 Å². The van der Waals surface area contributed by atoms with Gasteiger partial charge in [-0.25, -0.2) is 9.37 Å². The van der Waals surface area contributed by atoms with Gasteiger partial charge in [0.05, 0.1) is 0 Å². The average molecular weight is 448 g/mol. The fourth-order valence-electron chi connectivity index (χ4n) is 3.94. The van der Waals surface area contributed by atoms with Gasteiger partial charge in [-0.1, -0.05) is 12.1 Å². The number of nitrogens with zero attached hydrogens (tertiary/aromatic N) is 2. The molecule has 10 heteroatoms. The summed E-state index contributed by atoms with van der Waals surface area (Å²) in [5.74, 6) is -2.84. The number of aromatic amines is 1. The molecule has 6 nitrogen and oxygen atoms in total. The highest BCUT2D eigenvalue weighted by molar-refractivity contribution is 5.97. The topological polar surface area (TPSA) is 78.1 Å². The monoisotopic (exact) mass is 448 g/mol. The first kappa shape index (κ1) is 21.8. The summed E-state index contributed by atoms with van der Waals surface area (Å²) < 4.78 is 51.5. The number of alkyl halides is 3. The van der Waals surface area contributed by atoms with Gasteiger partial charge in [-0.05, 0) is 54.2 Å². The molecule has 2 N–H and O–H groups in total. The van der Waals surface area contributed by atoms with Crippen LogP contribution in [-0.2, 0) is 11.3 Å². The van der Waals surface area contributed by atoms with Crippen LogP contribution in [0.2, 0.25) is 0 Å². The number of amides is 2. The number of fused-ring (bicyclic) bond motifs is 1. The number of aromatic nitrogens is 2. The van der Waals surface area contributed by atoms with Gasteiger partial charge in [0.1, 0.15) is 17.2 Å². The Balaban J connectivity index is 1.40. The van der Waals surface area contributed by atoms with Crippen molar-refractivity contribution >= 4 is 22.8 Å². The van der Waals surface area contributed by atoms with Gasteiger partial charge in [0.2, 0.25) is 0 Å². The molecule has 0 radical (unpaired) electrons. The van der Waals surface area contributed by atoms with E-state index >= 15 is 0 Å². The molecule has 0 saturated carbocycles. The molecule has 2 amide bonds. The first-order valence-corrected chi connectivity index (χ1v) is 10.1. The van der Waals surface area contributed by atoms with E-state index in [0.29, 0.717) is 48.4 Å². The maximum absolute atomic E-state index is 14.4. The predicted molar refractivity (Wildman–Crippen MR) is 108 cm³/mol. The van der Waals surface area contributed by atoms with Gasteiger partial charge in [-0.3, -0.25) is 9.59 Å². The number of H-pyrrole nitrogens is 1. The molecule has 4 rings (SSSR count). The van der Waals surface area contributed by atoms with E-state index in [4.69, 9.17) is 0 Å².